The number of aromatic nitrogens is 2. The summed E-state index contributed by atoms with van der Waals surface area (Å²) in [6.07, 6.45) is 4.76. The van der Waals surface area contributed by atoms with E-state index in [0.717, 1.165) is 13.0 Å². The van der Waals surface area contributed by atoms with Crippen molar-refractivity contribution in [3.63, 3.8) is 0 Å². The van der Waals surface area contributed by atoms with Crippen LogP contribution in [0.25, 0.3) is 0 Å². The van der Waals surface area contributed by atoms with E-state index < -0.39 is 0 Å². The van der Waals surface area contributed by atoms with E-state index >= 15 is 0 Å². The van der Waals surface area contributed by atoms with Crippen LogP contribution in [0.2, 0.25) is 0 Å². The molecule has 102 valence electrons. The highest BCUT2D eigenvalue weighted by Gasteiger charge is 2.17. The van der Waals surface area contributed by atoms with Gasteiger partial charge in [-0.15, -0.1) is 11.3 Å². The molecule has 2 heterocycles. The quantitative estimate of drug-likeness (QED) is 0.835. The standard InChI is InChI=1S/C15H21N3S/c1-5-14-17-11(2)15(19-14)12(3)18(4)10-13-7-6-8-16-9-13/h6-9,12H,5,10H2,1-4H3/t12-/m1/s1. The van der Waals surface area contributed by atoms with Gasteiger partial charge in [0.15, 0.2) is 0 Å². The van der Waals surface area contributed by atoms with Gasteiger partial charge >= 0.3 is 0 Å². The lowest BCUT2D eigenvalue weighted by atomic mass is 10.2. The molecule has 1 atom stereocenters. The van der Waals surface area contributed by atoms with Crippen molar-refractivity contribution in [2.24, 2.45) is 0 Å². The molecule has 4 heteroatoms. The minimum Gasteiger partial charge on any atom is -0.294 e. The molecule has 0 aliphatic heterocycles. The summed E-state index contributed by atoms with van der Waals surface area (Å²) in [5, 5.41) is 1.23. The van der Waals surface area contributed by atoms with Crippen molar-refractivity contribution in [3.8, 4) is 0 Å². The average Bonchev–Trinajstić information content (AvgIpc) is 2.80. The van der Waals surface area contributed by atoms with Gasteiger partial charge in [0.25, 0.3) is 0 Å². The van der Waals surface area contributed by atoms with Crippen LogP contribution in [-0.4, -0.2) is 21.9 Å². The number of pyridine rings is 1. The van der Waals surface area contributed by atoms with E-state index in [1.54, 1.807) is 0 Å². The van der Waals surface area contributed by atoms with Gasteiger partial charge in [0.05, 0.1) is 10.7 Å². The monoisotopic (exact) mass is 275 g/mol. The van der Waals surface area contributed by atoms with Crippen molar-refractivity contribution in [1.29, 1.82) is 0 Å². The predicted octanol–water partition coefficient (Wildman–Crippen LogP) is 3.60. The molecule has 0 aliphatic rings. The molecule has 0 amide bonds. The SMILES string of the molecule is CCc1nc(C)c([C@@H](C)N(C)Cc2cccnc2)s1. The van der Waals surface area contributed by atoms with Gasteiger partial charge < -0.3 is 0 Å². The average molecular weight is 275 g/mol. The summed E-state index contributed by atoms with van der Waals surface area (Å²) in [7, 11) is 2.16. The Bertz CT molecular complexity index is 521. The Balaban J connectivity index is 2.10. The van der Waals surface area contributed by atoms with Crippen LogP contribution in [0.3, 0.4) is 0 Å². The molecule has 0 N–H and O–H groups in total. The summed E-state index contributed by atoms with van der Waals surface area (Å²) in [5.74, 6) is 0. The summed E-state index contributed by atoms with van der Waals surface area (Å²) >= 11 is 1.84. The van der Waals surface area contributed by atoms with E-state index in [1.165, 1.54) is 21.1 Å². The molecule has 3 nitrogen and oxygen atoms in total. The molecule has 0 aromatic carbocycles. The summed E-state index contributed by atoms with van der Waals surface area (Å²) < 4.78 is 0. The molecule has 2 aromatic rings. The first-order valence-electron chi connectivity index (χ1n) is 6.67. The van der Waals surface area contributed by atoms with Crippen LogP contribution in [0.15, 0.2) is 24.5 Å². The number of aryl methyl sites for hydroxylation is 2. The Morgan fingerprint density at radius 1 is 1.42 bits per heavy atom. The van der Waals surface area contributed by atoms with Gasteiger partial charge in [-0.25, -0.2) is 4.98 Å². The molecule has 2 aromatic heterocycles. The van der Waals surface area contributed by atoms with Crippen molar-refractivity contribution in [2.45, 2.75) is 39.8 Å². The number of hydrogen-bond acceptors (Lipinski definition) is 4. The minimum absolute atomic E-state index is 0.387. The van der Waals surface area contributed by atoms with E-state index in [-0.39, 0.29) is 0 Å². The van der Waals surface area contributed by atoms with Crippen LogP contribution in [0.5, 0.6) is 0 Å². The van der Waals surface area contributed by atoms with Gasteiger partial charge in [-0.2, -0.15) is 0 Å². The number of hydrogen-bond donors (Lipinski definition) is 0. The molecular formula is C15H21N3S. The van der Waals surface area contributed by atoms with Crippen LogP contribution in [0, 0.1) is 6.92 Å². The van der Waals surface area contributed by atoms with Crippen LogP contribution in [0.1, 0.15) is 41.0 Å². The zero-order chi connectivity index (χ0) is 13.8. The summed E-state index contributed by atoms with van der Waals surface area (Å²) in [6, 6.07) is 4.49. The lowest BCUT2D eigenvalue weighted by Gasteiger charge is -2.24. The van der Waals surface area contributed by atoms with Gasteiger partial charge in [0.1, 0.15) is 0 Å². The summed E-state index contributed by atoms with van der Waals surface area (Å²) in [5.41, 5.74) is 2.42. The maximum Gasteiger partial charge on any atom is 0.0928 e. The third kappa shape index (κ3) is 3.39. The highest BCUT2D eigenvalue weighted by Crippen LogP contribution is 2.29. The lowest BCUT2D eigenvalue weighted by molar-refractivity contribution is 0.255. The van der Waals surface area contributed by atoms with Crippen molar-refractivity contribution in [1.82, 2.24) is 14.9 Å². The fraction of sp³-hybridized carbons (Fsp3) is 0.467. The van der Waals surface area contributed by atoms with Crippen molar-refractivity contribution < 1.29 is 0 Å². The van der Waals surface area contributed by atoms with Crippen molar-refractivity contribution >= 4 is 11.3 Å². The first-order chi connectivity index (χ1) is 9.11. The second kappa shape index (κ2) is 6.26. The number of rotatable bonds is 5. The van der Waals surface area contributed by atoms with E-state index in [9.17, 15) is 0 Å². The molecule has 2 rings (SSSR count). The molecule has 0 bridgehead atoms. The molecule has 0 unspecified atom stereocenters. The molecular weight excluding hydrogens is 254 g/mol. The highest BCUT2D eigenvalue weighted by molar-refractivity contribution is 7.11. The zero-order valence-electron chi connectivity index (χ0n) is 12.1. The fourth-order valence-electron chi connectivity index (χ4n) is 2.12. The maximum atomic E-state index is 4.62. The fourth-order valence-corrected chi connectivity index (χ4v) is 3.25. The van der Waals surface area contributed by atoms with Crippen LogP contribution < -0.4 is 0 Å². The Morgan fingerprint density at radius 2 is 2.21 bits per heavy atom. The first kappa shape index (κ1) is 14.2. The molecule has 0 spiro atoms. The third-order valence-electron chi connectivity index (χ3n) is 3.37. The first-order valence-corrected chi connectivity index (χ1v) is 7.48. The third-order valence-corrected chi connectivity index (χ3v) is 4.85. The van der Waals surface area contributed by atoms with E-state index in [2.05, 4.69) is 48.8 Å². The lowest BCUT2D eigenvalue weighted by Crippen LogP contribution is -2.21. The van der Waals surface area contributed by atoms with Crippen LogP contribution in [0.4, 0.5) is 0 Å². The van der Waals surface area contributed by atoms with Crippen molar-refractivity contribution in [2.75, 3.05) is 7.05 Å². The van der Waals surface area contributed by atoms with Crippen LogP contribution >= 0.6 is 11.3 Å². The Morgan fingerprint density at radius 3 is 2.79 bits per heavy atom. The normalized spacial score (nSPS) is 12.9. The second-order valence-corrected chi connectivity index (χ2v) is 5.98. The maximum absolute atomic E-state index is 4.62. The molecule has 0 saturated carbocycles. The highest BCUT2D eigenvalue weighted by atomic mass is 32.1. The van der Waals surface area contributed by atoms with Gasteiger partial charge in [-0.1, -0.05) is 13.0 Å². The largest absolute Gasteiger partial charge is 0.294 e. The van der Waals surface area contributed by atoms with E-state index in [4.69, 9.17) is 0 Å². The second-order valence-electron chi connectivity index (χ2n) is 4.86. The number of nitrogens with zero attached hydrogens (tertiary/aromatic N) is 3. The Kier molecular flexibility index (Phi) is 4.66. The van der Waals surface area contributed by atoms with E-state index in [1.807, 2.05) is 29.8 Å². The zero-order valence-corrected chi connectivity index (χ0v) is 12.9. The summed E-state index contributed by atoms with van der Waals surface area (Å²) in [6.45, 7) is 7.43. The predicted molar refractivity (Wildman–Crippen MR) is 80.3 cm³/mol. The van der Waals surface area contributed by atoms with Gasteiger partial charge in [-0.3, -0.25) is 9.88 Å². The number of thiazole rings is 1. The minimum atomic E-state index is 0.387. The van der Waals surface area contributed by atoms with Crippen LogP contribution in [-0.2, 0) is 13.0 Å². The Hall–Kier alpha value is -1.26. The van der Waals surface area contributed by atoms with E-state index in [0.29, 0.717) is 6.04 Å². The van der Waals surface area contributed by atoms with Gasteiger partial charge in [0, 0.05) is 29.9 Å². The van der Waals surface area contributed by atoms with Crippen molar-refractivity contribution in [3.05, 3.63) is 45.7 Å². The molecule has 0 saturated heterocycles. The van der Waals surface area contributed by atoms with Gasteiger partial charge in [0.2, 0.25) is 0 Å². The topological polar surface area (TPSA) is 29.0 Å². The molecule has 19 heavy (non-hydrogen) atoms. The van der Waals surface area contributed by atoms with Gasteiger partial charge in [-0.05, 0) is 38.9 Å². The Labute approximate surface area is 119 Å². The molecule has 0 fully saturated rings. The molecule has 0 radical (unpaired) electrons. The molecule has 0 aliphatic carbocycles. The summed E-state index contributed by atoms with van der Waals surface area (Å²) in [4.78, 5) is 12.5. The smallest absolute Gasteiger partial charge is 0.0928 e.